The number of ether oxygens (including phenoxy) is 1. The summed E-state index contributed by atoms with van der Waals surface area (Å²) < 4.78 is 6.46. The number of hydrogen-bond donors (Lipinski definition) is 1. The van der Waals surface area contributed by atoms with Crippen molar-refractivity contribution in [2.75, 3.05) is 5.32 Å². The van der Waals surface area contributed by atoms with Crippen LogP contribution in [0.3, 0.4) is 0 Å². The second-order valence-electron chi connectivity index (χ2n) is 6.84. The molecule has 5 atom stereocenters. The lowest BCUT2D eigenvalue weighted by molar-refractivity contribution is -0.145. The topological polar surface area (TPSA) is 55.4 Å². The molecule has 22 heavy (non-hydrogen) atoms. The summed E-state index contributed by atoms with van der Waals surface area (Å²) in [6, 6.07) is 3.91. The number of nitrogens with one attached hydrogen (secondary N) is 1. The van der Waals surface area contributed by atoms with Gasteiger partial charge in [0, 0.05) is 16.1 Å². The fraction of sp³-hybridized carbons (Fsp3) is 0.529. The zero-order valence-electron chi connectivity index (χ0n) is 12.6. The van der Waals surface area contributed by atoms with Crippen LogP contribution in [0.1, 0.15) is 24.0 Å². The average molecular weight is 364 g/mol. The molecule has 5 heteroatoms. The fourth-order valence-electron chi connectivity index (χ4n) is 4.61. The Balaban J connectivity index is 1.57. The van der Waals surface area contributed by atoms with Crippen molar-refractivity contribution < 1.29 is 14.3 Å². The molecule has 0 aromatic heterocycles. The van der Waals surface area contributed by atoms with E-state index in [9.17, 15) is 9.59 Å². The van der Waals surface area contributed by atoms with Crippen molar-refractivity contribution in [3.63, 3.8) is 0 Å². The quantitative estimate of drug-likeness (QED) is 0.820. The van der Waals surface area contributed by atoms with Gasteiger partial charge in [0.1, 0.15) is 6.10 Å². The first kappa shape index (κ1) is 14.2. The number of halogens is 1. The first-order valence-electron chi connectivity index (χ1n) is 7.74. The monoisotopic (exact) mass is 363 g/mol. The summed E-state index contributed by atoms with van der Waals surface area (Å²) in [6.45, 7) is 4.01. The molecule has 2 saturated carbocycles. The Hall–Kier alpha value is -1.36. The standard InChI is InChI=1S/C17H18BrNO3/c1-7-3-10(4-8(2)15(7)18)19-16(20)13-9-5-11-12(6-9)22-17(21)14(11)13/h3-4,9,11-14H,5-6H2,1-2H3,(H,19,20)/t9-,11-,12+,13-,14-/m0/s1. The van der Waals surface area contributed by atoms with E-state index in [1.54, 1.807) is 0 Å². The number of hydrogen-bond acceptors (Lipinski definition) is 3. The third kappa shape index (κ3) is 1.94. The van der Waals surface area contributed by atoms with Gasteiger partial charge in [-0.15, -0.1) is 0 Å². The van der Waals surface area contributed by atoms with E-state index in [1.807, 2.05) is 26.0 Å². The maximum absolute atomic E-state index is 12.7. The van der Waals surface area contributed by atoms with Crippen LogP contribution in [0.25, 0.3) is 0 Å². The van der Waals surface area contributed by atoms with Gasteiger partial charge in [0.15, 0.2) is 0 Å². The van der Waals surface area contributed by atoms with E-state index in [0.29, 0.717) is 5.92 Å². The third-order valence-corrected chi connectivity index (χ3v) is 6.74. The minimum absolute atomic E-state index is 0.0316. The molecule has 4 rings (SSSR count). The Morgan fingerprint density at radius 2 is 1.95 bits per heavy atom. The van der Waals surface area contributed by atoms with Gasteiger partial charge < -0.3 is 10.1 Å². The molecule has 1 aromatic carbocycles. The van der Waals surface area contributed by atoms with Gasteiger partial charge in [0.25, 0.3) is 0 Å². The van der Waals surface area contributed by atoms with Crippen molar-refractivity contribution in [1.82, 2.24) is 0 Å². The van der Waals surface area contributed by atoms with Gasteiger partial charge >= 0.3 is 5.97 Å². The molecular formula is C17H18BrNO3. The number of amides is 1. The van der Waals surface area contributed by atoms with Gasteiger partial charge in [0.2, 0.25) is 5.91 Å². The number of benzene rings is 1. The van der Waals surface area contributed by atoms with Gasteiger partial charge in [-0.2, -0.15) is 0 Å². The van der Waals surface area contributed by atoms with Crippen LogP contribution >= 0.6 is 15.9 Å². The Bertz CT molecular complexity index is 661. The number of anilines is 1. The molecule has 1 aliphatic heterocycles. The maximum atomic E-state index is 12.7. The number of rotatable bonds is 2. The van der Waals surface area contributed by atoms with Crippen LogP contribution < -0.4 is 5.32 Å². The molecule has 0 unspecified atom stereocenters. The van der Waals surface area contributed by atoms with Gasteiger partial charge in [0.05, 0.1) is 11.8 Å². The Morgan fingerprint density at radius 3 is 2.64 bits per heavy atom. The van der Waals surface area contributed by atoms with Gasteiger partial charge in [-0.25, -0.2) is 0 Å². The highest BCUT2D eigenvalue weighted by Gasteiger charge is 2.63. The van der Waals surface area contributed by atoms with Gasteiger partial charge in [-0.3, -0.25) is 9.59 Å². The number of carbonyl (C=O) groups excluding carboxylic acids is 2. The molecular weight excluding hydrogens is 346 g/mol. The highest BCUT2D eigenvalue weighted by molar-refractivity contribution is 9.10. The van der Waals surface area contributed by atoms with Crippen LogP contribution in [0.15, 0.2) is 16.6 Å². The molecule has 0 radical (unpaired) electrons. The van der Waals surface area contributed by atoms with E-state index >= 15 is 0 Å². The molecule has 2 bridgehead atoms. The van der Waals surface area contributed by atoms with E-state index in [2.05, 4.69) is 21.2 Å². The lowest BCUT2D eigenvalue weighted by Crippen LogP contribution is -2.35. The zero-order valence-corrected chi connectivity index (χ0v) is 14.1. The molecule has 0 spiro atoms. The minimum atomic E-state index is -0.222. The molecule has 3 fully saturated rings. The number of aryl methyl sites for hydroxylation is 2. The fourth-order valence-corrected chi connectivity index (χ4v) is 4.84. The molecule has 116 valence electrons. The first-order chi connectivity index (χ1) is 10.5. The van der Waals surface area contributed by atoms with Crippen LogP contribution in [0.5, 0.6) is 0 Å². The normalized spacial score (nSPS) is 34.9. The van der Waals surface area contributed by atoms with Crippen molar-refractivity contribution in [3.8, 4) is 0 Å². The Labute approximate surface area is 137 Å². The van der Waals surface area contributed by atoms with E-state index in [0.717, 1.165) is 34.1 Å². The summed E-state index contributed by atoms with van der Waals surface area (Å²) in [5, 5.41) is 3.01. The molecule has 1 saturated heterocycles. The summed E-state index contributed by atoms with van der Waals surface area (Å²) >= 11 is 3.53. The second-order valence-corrected chi connectivity index (χ2v) is 7.63. The number of esters is 1. The molecule has 1 N–H and O–H groups in total. The van der Waals surface area contributed by atoms with Crippen LogP contribution in [0.4, 0.5) is 5.69 Å². The van der Waals surface area contributed by atoms with E-state index in [1.165, 1.54) is 0 Å². The molecule has 3 aliphatic rings. The van der Waals surface area contributed by atoms with Crippen molar-refractivity contribution in [3.05, 3.63) is 27.7 Å². The lowest BCUT2D eigenvalue weighted by atomic mass is 9.79. The summed E-state index contributed by atoms with van der Waals surface area (Å²) in [5.74, 6) is -0.0816. The Morgan fingerprint density at radius 1 is 1.27 bits per heavy atom. The maximum Gasteiger partial charge on any atom is 0.310 e. The van der Waals surface area contributed by atoms with Crippen molar-refractivity contribution in [2.45, 2.75) is 32.8 Å². The van der Waals surface area contributed by atoms with Crippen LogP contribution in [0.2, 0.25) is 0 Å². The molecule has 1 amide bonds. The van der Waals surface area contributed by atoms with Crippen LogP contribution in [-0.4, -0.2) is 18.0 Å². The lowest BCUT2D eigenvalue weighted by Gasteiger charge is -2.23. The predicted octanol–water partition coefficient (Wildman–Crippen LogP) is 3.20. The molecule has 2 aliphatic carbocycles. The van der Waals surface area contributed by atoms with Gasteiger partial charge in [-0.05, 0) is 55.9 Å². The Kier molecular flexibility index (Phi) is 3.12. The summed E-state index contributed by atoms with van der Waals surface area (Å²) in [4.78, 5) is 24.7. The molecule has 1 aromatic rings. The second kappa shape index (κ2) is 4.82. The van der Waals surface area contributed by atoms with E-state index in [-0.39, 0.29) is 35.7 Å². The summed E-state index contributed by atoms with van der Waals surface area (Å²) in [7, 11) is 0. The smallest absolute Gasteiger partial charge is 0.310 e. The van der Waals surface area contributed by atoms with Gasteiger partial charge in [-0.1, -0.05) is 15.9 Å². The molecule has 1 heterocycles. The van der Waals surface area contributed by atoms with Crippen LogP contribution in [0, 0.1) is 37.5 Å². The third-order valence-electron chi connectivity index (χ3n) is 5.49. The number of carbonyl (C=O) groups is 2. The van der Waals surface area contributed by atoms with Crippen molar-refractivity contribution in [1.29, 1.82) is 0 Å². The summed E-state index contributed by atoms with van der Waals surface area (Å²) in [6.07, 6.45) is 1.88. The van der Waals surface area contributed by atoms with Crippen molar-refractivity contribution in [2.24, 2.45) is 23.7 Å². The summed E-state index contributed by atoms with van der Waals surface area (Å²) in [5.41, 5.74) is 2.97. The van der Waals surface area contributed by atoms with Crippen LogP contribution in [-0.2, 0) is 14.3 Å². The predicted molar refractivity (Wildman–Crippen MR) is 85.3 cm³/mol. The molecule has 4 nitrogen and oxygen atoms in total. The first-order valence-corrected chi connectivity index (χ1v) is 8.53. The highest BCUT2D eigenvalue weighted by Crippen LogP contribution is 2.57. The van der Waals surface area contributed by atoms with E-state index < -0.39 is 0 Å². The minimum Gasteiger partial charge on any atom is -0.462 e. The average Bonchev–Trinajstić information content (AvgIpc) is 3.05. The van der Waals surface area contributed by atoms with Crippen molar-refractivity contribution >= 4 is 33.5 Å². The highest BCUT2D eigenvalue weighted by atomic mass is 79.9. The van der Waals surface area contributed by atoms with E-state index in [4.69, 9.17) is 4.74 Å². The number of fused-ring (bicyclic) bond motifs is 1. The SMILES string of the molecule is Cc1cc(NC(=O)[C@H]2[C@H]3C[C@@H]4[C@@H]2C(=O)O[C@@H]4C3)cc(C)c1Br. The largest absolute Gasteiger partial charge is 0.462 e. The zero-order chi connectivity index (χ0) is 15.6.